The van der Waals surface area contributed by atoms with Gasteiger partial charge in [-0.2, -0.15) is 0 Å². The number of β-amino-alcohol motifs (C(OH)–C–C–N with tert-alkyl or cyclic N) is 1. The van der Waals surface area contributed by atoms with Gasteiger partial charge in [0.1, 0.15) is 0 Å². The average Bonchev–Trinajstić information content (AvgIpc) is 2.37. The van der Waals surface area contributed by atoms with E-state index in [0.717, 1.165) is 25.7 Å². The van der Waals surface area contributed by atoms with Gasteiger partial charge in [0.2, 0.25) is 5.91 Å². The number of likely N-dealkylation sites (N-methyl/N-ethyl adjacent to an activating group) is 1. The molecule has 4 nitrogen and oxygen atoms in total. The highest BCUT2D eigenvalue weighted by molar-refractivity contribution is 5.78. The fourth-order valence-electron chi connectivity index (χ4n) is 3.50. The molecule has 0 aromatic carbocycles. The van der Waals surface area contributed by atoms with Crippen LogP contribution in [0.5, 0.6) is 0 Å². The van der Waals surface area contributed by atoms with E-state index in [2.05, 4.69) is 11.8 Å². The zero-order chi connectivity index (χ0) is 13.9. The van der Waals surface area contributed by atoms with Crippen molar-refractivity contribution >= 4 is 5.91 Å². The summed E-state index contributed by atoms with van der Waals surface area (Å²) < 4.78 is 0. The standard InChI is InChI=1S/C15H28N2O2/c1-3-9-15(19)11-17(12-15)10-14(18)16(2)13-7-5-4-6-8-13/h13,19H,3-12H2,1-2H3. The summed E-state index contributed by atoms with van der Waals surface area (Å²) in [6.45, 7) is 3.87. The Morgan fingerprint density at radius 2 is 1.95 bits per heavy atom. The summed E-state index contributed by atoms with van der Waals surface area (Å²) in [5, 5.41) is 10.1. The number of carbonyl (C=O) groups is 1. The third kappa shape index (κ3) is 3.69. The highest BCUT2D eigenvalue weighted by Gasteiger charge is 2.41. The number of hydrogen-bond acceptors (Lipinski definition) is 3. The maximum atomic E-state index is 12.2. The van der Waals surface area contributed by atoms with Crippen LogP contribution in [0, 0.1) is 0 Å². The topological polar surface area (TPSA) is 43.8 Å². The molecule has 0 radical (unpaired) electrons. The van der Waals surface area contributed by atoms with E-state index >= 15 is 0 Å². The Labute approximate surface area is 116 Å². The summed E-state index contributed by atoms with van der Waals surface area (Å²) in [5.74, 6) is 0.213. The molecule has 1 N–H and O–H groups in total. The Balaban J connectivity index is 1.73. The summed E-state index contributed by atoms with van der Waals surface area (Å²) in [6, 6.07) is 0.442. The average molecular weight is 268 g/mol. The van der Waals surface area contributed by atoms with Gasteiger partial charge in [-0.15, -0.1) is 0 Å². The third-order valence-corrected chi connectivity index (χ3v) is 4.63. The van der Waals surface area contributed by atoms with Gasteiger partial charge in [0.05, 0.1) is 12.1 Å². The van der Waals surface area contributed by atoms with Gasteiger partial charge in [-0.25, -0.2) is 0 Å². The SMILES string of the molecule is CCCC1(O)CN(CC(=O)N(C)C2CCCCC2)C1. The lowest BCUT2D eigenvalue weighted by Crippen LogP contribution is -2.63. The van der Waals surface area contributed by atoms with Crippen LogP contribution >= 0.6 is 0 Å². The number of hydrogen-bond donors (Lipinski definition) is 1. The zero-order valence-corrected chi connectivity index (χ0v) is 12.4. The summed E-state index contributed by atoms with van der Waals surface area (Å²) in [5.41, 5.74) is -0.529. The van der Waals surface area contributed by atoms with E-state index in [4.69, 9.17) is 0 Å². The lowest BCUT2D eigenvalue weighted by molar-refractivity contribution is -0.143. The Kier molecular flexibility index (Phi) is 4.85. The third-order valence-electron chi connectivity index (χ3n) is 4.63. The zero-order valence-electron chi connectivity index (χ0n) is 12.4. The fourth-order valence-corrected chi connectivity index (χ4v) is 3.50. The largest absolute Gasteiger partial charge is 0.387 e. The molecule has 1 heterocycles. The van der Waals surface area contributed by atoms with Gasteiger partial charge >= 0.3 is 0 Å². The molecule has 0 aromatic heterocycles. The van der Waals surface area contributed by atoms with Gasteiger partial charge in [0.25, 0.3) is 0 Å². The highest BCUT2D eigenvalue weighted by Crippen LogP contribution is 2.26. The molecule has 1 saturated heterocycles. The monoisotopic (exact) mass is 268 g/mol. The molecule has 0 aromatic rings. The maximum absolute atomic E-state index is 12.2. The molecule has 2 rings (SSSR count). The van der Waals surface area contributed by atoms with Crippen LogP contribution < -0.4 is 0 Å². The molecule has 1 amide bonds. The predicted molar refractivity (Wildman–Crippen MR) is 75.9 cm³/mol. The predicted octanol–water partition coefficient (Wildman–Crippen LogP) is 1.62. The Hall–Kier alpha value is -0.610. The van der Waals surface area contributed by atoms with Crippen LogP contribution in [0.25, 0.3) is 0 Å². The van der Waals surface area contributed by atoms with Crippen molar-refractivity contribution in [1.29, 1.82) is 0 Å². The molecule has 0 bridgehead atoms. The molecule has 1 saturated carbocycles. The number of rotatable bonds is 5. The first-order valence-electron chi connectivity index (χ1n) is 7.74. The van der Waals surface area contributed by atoms with Crippen LogP contribution in [-0.2, 0) is 4.79 Å². The van der Waals surface area contributed by atoms with E-state index in [1.54, 1.807) is 0 Å². The highest BCUT2D eigenvalue weighted by atomic mass is 16.3. The van der Waals surface area contributed by atoms with Gasteiger partial charge in [-0.3, -0.25) is 9.69 Å². The summed E-state index contributed by atoms with van der Waals surface area (Å²) in [6.07, 6.45) is 7.97. The Bertz CT molecular complexity index is 307. The van der Waals surface area contributed by atoms with Crippen LogP contribution in [0.15, 0.2) is 0 Å². The van der Waals surface area contributed by atoms with Crippen LogP contribution in [0.3, 0.4) is 0 Å². The maximum Gasteiger partial charge on any atom is 0.236 e. The molecule has 2 aliphatic rings. The van der Waals surface area contributed by atoms with E-state index in [-0.39, 0.29) is 5.91 Å². The molecule has 1 aliphatic heterocycles. The molecule has 110 valence electrons. The van der Waals surface area contributed by atoms with Gasteiger partial charge < -0.3 is 10.0 Å². The van der Waals surface area contributed by atoms with Crippen molar-refractivity contribution < 1.29 is 9.90 Å². The van der Waals surface area contributed by atoms with E-state index in [1.165, 1.54) is 19.3 Å². The molecule has 2 fully saturated rings. The lowest BCUT2D eigenvalue weighted by Gasteiger charge is -2.47. The van der Waals surface area contributed by atoms with Crippen molar-refractivity contribution in [3.8, 4) is 0 Å². The molecule has 1 aliphatic carbocycles. The lowest BCUT2D eigenvalue weighted by atomic mass is 9.89. The fraction of sp³-hybridized carbons (Fsp3) is 0.933. The van der Waals surface area contributed by atoms with Crippen LogP contribution in [0.1, 0.15) is 51.9 Å². The number of carbonyl (C=O) groups excluding carboxylic acids is 1. The van der Waals surface area contributed by atoms with E-state index < -0.39 is 5.60 Å². The second-order valence-electron chi connectivity index (χ2n) is 6.42. The molecule has 0 spiro atoms. The first-order valence-corrected chi connectivity index (χ1v) is 7.74. The second kappa shape index (κ2) is 6.23. The van der Waals surface area contributed by atoms with Gasteiger partial charge in [-0.1, -0.05) is 32.6 Å². The molecular formula is C15H28N2O2. The van der Waals surface area contributed by atoms with Gasteiger partial charge in [0, 0.05) is 26.2 Å². The van der Waals surface area contributed by atoms with Crippen molar-refractivity contribution in [2.24, 2.45) is 0 Å². The number of aliphatic hydroxyl groups is 1. The van der Waals surface area contributed by atoms with E-state index in [1.807, 2.05) is 11.9 Å². The summed E-state index contributed by atoms with van der Waals surface area (Å²) >= 11 is 0. The van der Waals surface area contributed by atoms with Crippen molar-refractivity contribution in [3.05, 3.63) is 0 Å². The molecular weight excluding hydrogens is 240 g/mol. The van der Waals surface area contributed by atoms with Gasteiger partial charge in [0.15, 0.2) is 0 Å². The normalized spacial score (nSPS) is 23.9. The minimum Gasteiger partial charge on any atom is -0.387 e. The minimum atomic E-state index is -0.529. The number of likely N-dealkylation sites (tertiary alicyclic amines) is 1. The minimum absolute atomic E-state index is 0.213. The molecule has 0 unspecified atom stereocenters. The second-order valence-corrected chi connectivity index (χ2v) is 6.42. The van der Waals surface area contributed by atoms with Crippen LogP contribution in [0.4, 0.5) is 0 Å². The quantitative estimate of drug-likeness (QED) is 0.824. The molecule has 19 heavy (non-hydrogen) atoms. The van der Waals surface area contributed by atoms with Crippen LogP contribution in [-0.4, -0.2) is 59.1 Å². The number of nitrogens with zero attached hydrogens (tertiary/aromatic N) is 2. The summed E-state index contributed by atoms with van der Waals surface area (Å²) in [7, 11) is 1.94. The summed E-state index contributed by atoms with van der Waals surface area (Å²) in [4.78, 5) is 16.2. The van der Waals surface area contributed by atoms with E-state index in [9.17, 15) is 9.90 Å². The first-order chi connectivity index (χ1) is 9.04. The van der Waals surface area contributed by atoms with Crippen molar-refractivity contribution in [2.45, 2.75) is 63.5 Å². The van der Waals surface area contributed by atoms with Gasteiger partial charge in [-0.05, 0) is 19.3 Å². The van der Waals surface area contributed by atoms with Crippen LogP contribution in [0.2, 0.25) is 0 Å². The Morgan fingerprint density at radius 1 is 1.32 bits per heavy atom. The Morgan fingerprint density at radius 3 is 2.53 bits per heavy atom. The smallest absolute Gasteiger partial charge is 0.236 e. The van der Waals surface area contributed by atoms with Crippen molar-refractivity contribution in [3.63, 3.8) is 0 Å². The van der Waals surface area contributed by atoms with E-state index in [0.29, 0.717) is 25.7 Å². The molecule has 4 heteroatoms. The van der Waals surface area contributed by atoms with Crippen molar-refractivity contribution in [2.75, 3.05) is 26.7 Å². The molecule has 0 atom stereocenters. The first kappa shape index (κ1) is 14.8. The number of amides is 1. The van der Waals surface area contributed by atoms with Crippen molar-refractivity contribution in [1.82, 2.24) is 9.80 Å².